The number of para-hydroxylation sites is 2. The first-order chi connectivity index (χ1) is 6.03. The zero-order chi connectivity index (χ0) is 9.90. The van der Waals surface area contributed by atoms with Crippen molar-refractivity contribution in [2.75, 3.05) is 4.34 Å². The molecular weight excluding hydrogens is 251 g/mol. The first-order valence-corrected chi connectivity index (χ1v) is 4.03. The maximum Gasteiger partial charge on any atom is 0.573 e. The number of hydrogen-bond acceptors (Lipinski definition) is 2. The minimum absolute atomic E-state index is 0.222. The summed E-state index contributed by atoms with van der Waals surface area (Å²) in [6.45, 7) is 0. The second-order valence-corrected chi connectivity index (χ2v) is 2.53. The van der Waals surface area contributed by atoms with Gasteiger partial charge in [0, 0.05) is 16.1 Å². The zero-order valence-electron chi connectivity index (χ0n) is 6.23. The van der Waals surface area contributed by atoms with E-state index in [4.69, 9.17) is 0 Å². The molecule has 1 N–H and O–H groups in total. The van der Waals surface area contributed by atoms with Crippen LogP contribution in [-0.4, -0.2) is 6.36 Å². The summed E-state index contributed by atoms with van der Waals surface area (Å²) >= 11 is 2.82. The monoisotopic (exact) mass is 255 g/mol. The molecule has 1 rings (SSSR count). The van der Waals surface area contributed by atoms with Gasteiger partial charge in [-0.2, -0.15) is 0 Å². The van der Waals surface area contributed by atoms with Gasteiger partial charge < -0.3 is 9.08 Å². The van der Waals surface area contributed by atoms with Crippen LogP contribution in [0.5, 0.6) is 5.75 Å². The van der Waals surface area contributed by atoms with E-state index in [0.717, 1.165) is 0 Å². The lowest BCUT2D eigenvalue weighted by molar-refractivity contribution is -0.274. The van der Waals surface area contributed by atoms with Crippen molar-refractivity contribution in [2.45, 2.75) is 6.36 Å². The van der Waals surface area contributed by atoms with Crippen molar-refractivity contribution < 1.29 is 17.9 Å². The van der Waals surface area contributed by atoms with Gasteiger partial charge in [-0.05, 0) is 12.1 Å². The van der Waals surface area contributed by atoms with E-state index in [0.29, 0.717) is 0 Å². The van der Waals surface area contributed by atoms with Crippen LogP contribution < -0.4 is 9.08 Å². The molecule has 0 fully saturated rings. The summed E-state index contributed by atoms with van der Waals surface area (Å²) in [5.74, 6) is -0.271. The first-order valence-electron chi connectivity index (χ1n) is 3.24. The maximum absolute atomic E-state index is 11.8. The number of nitrogens with one attached hydrogen (secondary N) is 1. The van der Waals surface area contributed by atoms with Crippen molar-refractivity contribution in [2.24, 2.45) is 0 Å². The summed E-state index contributed by atoms with van der Waals surface area (Å²) in [4.78, 5) is 0. The van der Waals surface area contributed by atoms with Gasteiger partial charge in [0.05, 0.1) is 5.69 Å². The van der Waals surface area contributed by atoms with Crippen molar-refractivity contribution in [3.63, 3.8) is 0 Å². The van der Waals surface area contributed by atoms with Crippen LogP contribution in [0.2, 0.25) is 0 Å². The molecular formula is C7H5BrF3NO. The molecule has 0 radical (unpaired) electrons. The smallest absolute Gasteiger partial charge is 0.404 e. The molecule has 2 nitrogen and oxygen atoms in total. The Morgan fingerprint density at radius 3 is 2.38 bits per heavy atom. The summed E-state index contributed by atoms with van der Waals surface area (Å²) in [5, 5.41) is 0. The minimum Gasteiger partial charge on any atom is -0.404 e. The number of alkyl halides is 3. The average Bonchev–Trinajstić information content (AvgIpc) is 2.02. The lowest BCUT2D eigenvalue weighted by Crippen LogP contribution is -2.17. The molecule has 0 heterocycles. The van der Waals surface area contributed by atoms with Gasteiger partial charge in [-0.25, -0.2) is 0 Å². The van der Waals surface area contributed by atoms with Crippen LogP contribution in [0.4, 0.5) is 18.9 Å². The van der Waals surface area contributed by atoms with Crippen LogP contribution in [0, 0.1) is 0 Å². The molecule has 0 aliphatic carbocycles. The Balaban J connectivity index is 2.87. The van der Waals surface area contributed by atoms with Gasteiger partial charge in [-0.15, -0.1) is 13.2 Å². The molecule has 0 aliphatic rings. The summed E-state index contributed by atoms with van der Waals surface area (Å²) in [5.41, 5.74) is 0.222. The Hall–Kier alpha value is -0.910. The second kappa shape index (κ2) is 3.87. The highest BCUT2D eigenvalue weighted by molar-refractivity contribution is 9.10. The van der Waals surface area contributed by atoms with Gasteiger partial charge in [0.2, 0.25) is 0 Å². The topological polar surface area (TPSA) is 21.3 Å². The van der Waals surface area contributed by atoms with Crippen molar-refractivity contribution in [1.29, 1.82) is 0 Å². The third-order valence-electron chi connectivity index (χ3n) is 1.21. The predicted molar refractivity (Wildman–Crippen MR) is 45.7 cm³/mol. The molecule has 0 amide bonds. The number of halogens is 4. The SMILES string of the molecule is FC(F)(F)Oc1ccccc1NBr. The molecule has 0 unspecified atom stereocenters. The van der Waals surface area contributed by atoms with Crippen LogP contribution >= 0.6 is 16.1 Å². The summed E-state index contributed by atoms with van der Waals surface area (Å²) < 4.78 is 41.5. The first kappa shape index (κ1) is 10.2. The molecule has 0 aromatic heterocycles. The Bertz CT molecular complexity index is 289. The van der Waals surface area contributed by atoms with Crippen LogP contribution in [-0.2, 0) is 0 Å². The Morgan fingerprint density at radius 1 is 1.23 bits per heavy atom. The van der Waals surface area contributed by atoms with Gasteiger partial charge in [0.15, 0.2) is 5.75 Å². The molecule has 0 spiro atoms. The number of rotatable bonds is 2. The third kappa shape index (κ3) is 3.14. The van der Waals surface area contributed by atoms with E-state index >= 15 is 0 Å². The molecule has 6 heteroatoms. The fourth-order valence-electron chi connectivity index (χ4n) is 0.758. The van der Waals surface area contributed by atoms with E-state index in [1.54, 1.807) is 6.07 Å². The van der Waals surface area contributed by atoms with E-state index in [1.807, 2.05) is 0 Å². The van der Waals surface area contributed by atoms with Crippen molar-refractivity contribution in [3.05, 3.63) is 24.3 Å². The van der Waals surface area contributed by atoms with E-state index in [2.05, 4.69) is 25.2 Å². The molecule has 1 aromatic carbocycles. The molecule has 1 aromatic rings. The second-order valence-electron chi connectivity index (χ2n) is 2.14. The summed E-state index contributed by atoms with van der Waals surface area (Å²) in [6, 6.07) is 5.72. The maximum atomic E-state index is 11.8. The highest BCUT2D eigenvalue weighted by Crippen LogP contribution is 2.30. The lowest BCUT2D eigenvalue weighted by atomic mass is 10.3. The minimum atomic E-state index is -4.67. The Labute approximate surface area is 81.0 Å². The fourth-order valence-corrected chi connectivity index (χ4v) is 1.09. The Morgan fingerprint density at radius 2 is 1.85 bits per heavy atom. The summed E-state index contributed by atoms with van der Waals surface area (Å²) in [6.07, 6.45) is -4.67. The van der Waals surface area contributed by atoms with Crippen LogP contribution in [0.3, 0.4) is 0 Å². The predicted octanol–water partition coefficient (Wildman–Crippen LogP) is 3.31. The molecule has 0 bridgehead atoms. The standard InChI is InChI=1S/C7H5BrF3NO/c8-12-5-3-1-2-4-6(5)13-7(9,10)11/h1-4,12H. The molecule has 0 saturated heterocycles. The van der Waals surface area contributed by atoms with Gasteiger partial charge >= 0.3 is 6.36 Å². The van der Waals surface area contributed by atoms with E-state index in [9.17, 15) is 13.2 Å². The average molecular weight is 256 g/mol. The molecule has 0 aliphatic heterocycles. The fraction of sp³-hybridized carbons (Fsp3) is 0.143. The largest absolute Gasteiger partial charge is 0.573 e. The molecule has 13 heavy (non-hydrogen) atoms. The van der Waals surface area contributed by atoms with Crippen molar-refractivity contribution in [1.82, 2.24) is 0 Å². The third-order valence-corrected chi connectivity index (χ3v) is 1.64. The normalized spacial score (nSPS) is 11.1. The van der Waals surface area contributed by atoms with Crippen LogP contribution in [0.1, 0.15) is 0 Å². The van der Waals surface area contributed by atoms with Crippen LogP contribution in [0.15, 0.2) is 24.3 Å². The van der Waals surface area contributed by atoms with Crippen molar-refractivity contribution in [3.8, 4) is 5.75 Å². The highest BCUT2D eigenvalue weighted by Gasteiger charge is 2.31. The number of anilines is 1. The van der Waals surface area contributed by atoms with Gasteiger partial charge in [0.25, 0.3) is 0 Å². The summed E-state index contributed by atoms with van der Waals surface area (Å²) in [7, 11) is 0. The van der Waals surface area contributed by atoms with Gasteiger partial charge in [0.1, 0.15) is 0 Å². The van der Waals surface area contributed by atoms with Crippen LogP contribution in [0.25, 0.3) is 0 Å². The van der Waals surface area contributed by atoms with Gasteiger partial charge in [-0.1, -0.05) is 12.1 Å². The van der Waals surface area contributed by atoms with E-state index in [1.165, 1.54) is 18.2 Å². The number of benzene rings is 1. The Kier molecular flexibility index (Phi) is 3.02. The zero-order valence-corrected chi connectivity index (χ0v) is 7.82. The van der Waals surface area contributed by atoms with Crippen molar-refractivity contribution >= 4 is 21.8 Å². The van der Waals surface area contributed by atoms with Gasteiger partial charge in [-0.3, -0.25) is 0 Å². The quantitative estimate of drug-likeness (QED) is 0.819. The molecule has 0 saturated carbocycles. The number of hydrogen-bond donors (Lipinski definition) is 1. The highest BCUT2D eigenvalue weighted by atomic mass is 79.9. The molecule has 0 atom stereocenters. The van der Waals surface area contributed by atoms with E-state index in [-0.39, 0.29) is 11.4 Å². The molecule has 72 valence electrons. The lowest BCUT2D eigenvalue weighted by Gasteiger charge is -2.11. The number of ether oxygens (including phenoxy) is 1. The van der Waals surface area contributed by atoms with E-state index < -0.39 is 6.36 Å².